The minimum atomic E-state index is -0.560. The van der Waals surface area contributed by atoms with E-state index in [9.17, 15) is 4.39 Å². The zero-order chi connectivity index (χ0) is 4.99. The van der Waals surface area contributed by atoms with Crippen LogP contribution in [0.5, 0.6) is 0 Å². The van der Waals surface area contributed by atoms with E-state index >= 15 is 0 Å². The standard InChI is InChI=1S/C3H5FOS/c4-2-1-3(5)6/h1-2H2,(H,5,6). The average molecular weight is 108 g/mol. The molecule has 0 aromatic heterocycles. The highest BCUT2D eigenvalue weighted by Gasteiger charge is 1.84. The Bertz CT molecular complexity index is 54.8. The Morgan fingerprint density at radius 1 is 1.83 bits per heavy atom. The first-order chi connectivity index (χ1) is 2.77. The second-order valence-corrected chi connectivity index (χ2v) is 1.30. The molecule has 0 amide bonds. The molecule has 1 nitrogen and oxygen atoms in total. The molecule has 0 aromatic carbocycles. The summed E-state index contributed by atoms with van der Waals surface area (Å²) in [5, 5.41) is 7.79. The summed E-state index contributed by atoms with van der Waals surface area (Å²) in [5.41, 5.74) is 0. The molecular formula is C3H5FOS. The molecule has 0 saturated heterocycles. The van der Waals surface area contributed by atoms with Crippen LogP contribution >= 0.6 is 12.2 Å². The van der Waals surface area contributed by atoms with Crippen molar-refractivity contribution in [2.75, 3.05) is 6.67 Å². The number of aliphatic hydroxyl groups excluding tert-OH is 1. The molecule has 36 valence electrons. The van der Waals surface area contributed by atoms with E-state index in [2.05, 4.69) is 12.2 Å². The van der Waals surface area contributed by atoms with Crippen LogP contribution in [0.1, 0.15) is 6.42 Å². The van der Waals surface area contributed by atoms with E-state index in [-0.39, 0.29) is 11.5 Å². The molecule has 0 rings (SSSR count). The molecule has 0 fully saturated rings. The number of halogens is 1. The van der Waals surface area contributed by atoms with Crippen LogP contribution in [0.4, 0.5) is 4.39 Å². The third-order valence-electron chi connectivity index (χ3n) is 0.308. The van der Waals surface area contributed by atoms with Gasteiger partial charge in [0.2, 0.25) is 0 Å². The number of rotatable bonds is 2. The summed E-state index contributed by atoms with van der Waals surface area (Å²) in [7, 11) is 0. The normalized spacial score (nSPS) is 8.17. The van der Waals surface area contributed by atoms with E-state index in [0.717, 1.165) is 0 Å². The van der Waals surface area contributed by atoms with Crippen molar-refractivity contribution in [2.45, 2.75) is 6.42 Å². The molecule has 0 saturated carbocycles. The van der Waals surface area contributed by atoms with Gasteiger partial charge in [0.25, 0.3) is 0 Å². The van der Waals surface area contributed by atoms with Crippen molar-refractivity contribution in [1.29, 1.82) is 0 Å². The zero-order valence-electron chi connectivity index (χ0n) is 3.15. The number of hydrogen-bond donors (Lipinski definition) is 1. The largest absolute Gasteiger partial charge is 0.502 e. The maximum absolute atomic E-state index is 11.0. The quantitative estimate of drug-likeness (QED) is 0.537. The molecule has 3 heteroatoms. The van der Waals surface area contributed by atoms with E-state index in [1.807, 2.05) is 0 Å². The van der Waals surface area contributed by atoms with Crippen LogP contribution in [0.3, 0.4) is 0 Å². The van der Waals surface area contributed by atoms with Crippen molar-refractivity contribution < 1.29 is 9.50 Å². The van der Waals surface area contributed by atoms with E-state index in [1.54, 1.807) is 0 Å². The number of thiocarbonyl (C=S) groups is 1. The molecule has 0 atom stereocenters. The molecule has 0 heterocycles. The van der Waals surface area contributed by atoms with Crippen LogP contribution in [-0.4, -0.2) is 16.8 Å². The summed E-state index contributed by atoms with van der Waals surface area (Å²) in [4.78, 5) is 0. The molecule has 0 bridgehead atoms. The maximum atomic E-state index is 11.0. The highest BCUT2D eigenvalue weighted by molar-refractivity contribution is 7.80. The molecule has 6 heavy (non-hydrogen) atoms. The Morgan fingerprint density at radius 3 is 2.33 bits per heavy atom. The summed E-state index contributed by atoms with van der Waals surface area (Å²) in [5.74, 6) is 0. The fourth-order valence-corrected chi connectivity index (χ4v) is 0.158. The van der Waals surface area contributed by atoms with Crippen LogP contribution in [0, 0.1) is 0 Å². The van der Waals surface area contributed by atoms with Crippen molar-refractivity contribution in [3.05, 3.63) is 0 Å². The highest BCUT2D eigenvalue weighted by Crippen LogP contribution is 1.80. The topological polar surface area (TPSA) is 20.2 Å². The van der Waals surface area contributed by atoms with E-state index in [1.165, 1.54) is 0 Å². The minimum absolute atomic E-state index is 0.00463. The van der Waals surface area contributed by atoms with Crippen LogP contribution in [0.15, 0.2) is 0 Å². The van der Waals surface area contributed by atoms with Crippen molar-refractivity contribution >= 4 is 17.3 Å². The fourth-order valence-electron chi connectivity index (χ4n) is 0.0808. The Labute approximate surface area is 40.8 Å². The van der Waals surface area contributed by atoms with Crippen LogP contribution < -0.4 is 0 Å². The van der Waals surface area contributed by atoms with Crippen molar-refractivity contribution in [3.63, 3.8) is 0 Å². The molecule has 0 aromatic rings. The third kappa shape index (κ3) is 3.82. The summed E-state index contributed by atoms with van der Waals surface area (Å²) in [6.45, 7) is -0.560. The first kappa shape index (κ1) is 5.82. The lowest BCUT2D eigenvalue weighted by atomic mass is 10.5. The predicted octanol–water partition coefficient (Wildman–Crippen LogP) is 1.23. The first-order valence-electron chi connectivity index (χ1n) is 1.55. The molecule has 0 aliphatic carbocycles. The lowest BCUT2D eigenvalue weighted by Crippen LogP contribution is -1.90. The van der Waals surface area contributed by atoms with Gasteiger partial charge in [-0.25, -0.2) is 0 Å². The monoisotopic (exact) mass is 108 g/mol. The van der Waals surface area contributed by atoms with E-state index in [0.29, 0.717) is 0 Å². The molecule has 0 aliphatic heterocycles. The Hall–Kier alpha value is -0.180. The summed E-state index contributed by atoms with van der Waals surface area (Å²) >= 11 is 4.11. The average Bonchev–Trinajstić information content (AvgIpc) is 1.35. The predicted molar refractivity (Wildman–Crippen MR) is 25.8 cm³/mol. The van der Waals surface area contributed by atoms with Gasteiger partial charge in [0.1, 0.15) is 0 Å². The lowest BCUT2D eigenvalue weighted by Gasteiger charge is -1.81. The van der Waals surface area contributed by atoms with Gasteiger partial charge < -0.3 is 5.11 Å². The van der Waals surface area contributed by atoms with E-state index < -0.39 is 6.67 Å². The number of aliphatic hydroxyl groups is 1. The smallest absolute Gasteiger partial charge is 0.159 e. The molecule has 0 aliphatic rings. The Kier molecular flexibility index (Phi) is 2.94. The SMILES string of the molecule is OC(=S)CCF. The molecular weight excluding hydrogens is 103 g/mol. The molecule has 0 unspecified atom stereocenters. The van der Waals surface area contributed by atoms with Crippen LogP contribution in [0.25, 0.3) is 0 Å². The van der Waals surface area contributed by atoms with Gasteiger partial charge in [0.05, 0.1) is 6.67 Å². The van der Waals surface area contributed by atoms with Gasteiger partial charge >= 0.3 is 0 Å². The van der Waals surface area contributed by atoms with Gasteiger partial charge in [-0.2, -0.15) is 0 Å². The third-order valence-corrected chi connectivity index (χ3v) is 0.512. The maximum Gasteiger partial charge on any atom is 0.159 e. The summed E-state index contributed by atoms with van der Waals surface area (Å²) in [6, 6.07) is 0. The van der Waals surface area contributed by atoms with Gasteiger partial charge in [-0.1, -0.05) is 0 Å². The van der Waals surface area contributed by atoms with Crippen LogP contribution in [0.2, 0.25) is 0 Å². The first-order valence-corrected chi connectivity index (χ1v) is 1.96. The number of hydrogen-bond acceptors (Lipinski definition) is 1. The summed E-state index contributed by atoms with van der Waals surface area (Å²) < 4.78 is 11.0. The van der Waals surface area contributed by atoms with Gasteiger partial charge in [0.15, 0.2) is 5.05 Å². The second-order valence-electron chi connectivity index (χ2n) is 0.833. The zero-order valence-corrected chi connectivity index (χ0v) is 3.96. The summed E-state index contributed by atoms with van der Waals surface area (Å²) in [6.07, 6.45) is -0.00463. The Balaban J connectivity index is 2.83. The second kappa shape index (κ2) is 3.03. The Morgan fingerprint density at radius 2 is 2.33 bits per heavy atom. The van der Waals surface area contributed by atoms with Gasteiger partial charge in [-0.3, -0.25) is 4.39 Å². The fraction of sp³-hybridized carbons (Fsp3) is 0.667. The molecule has 1 N–H and O–H groups in total. The molecule has 0 radical (unpaired) electrons. The minimum Gasteiger partial charge on any atom is -0.502 e. The number of alkyl halides is 1. The van der Waals surface area contributed by atoms with Crippen molar-refractivity contribution in [1.82, 2.24) is 0 Å². The van der Waals surface area contributed by atoms with Crippen molar-refractivity contribution in [3.8, 4) is 0 Å². The highest BCUT2D eigenvalue weighted by atomic mass is 32.1. The van der Waals surface area contributed by atoms with E-state index in [4.69, 9.17) is 5.11 Å². The van der Waals surface area contributed by atoms with Crippen LogP contribution in [-0.2, 0) is 0 Å². The van der Waals surface area contributed by atoms with Gasteiger partial charge in [-0.05, 0) is 12.2 Å². The lowest BCUT2D eigenvalue weighted by molar-refractivity contribution is 0.473. The van der Waals surface area contributed by atoms with Gasteiger partial charge in [-0.15, -0.1) is 0 Å². The van der Waals surface area contributed by atoms with Gasteiger partial charge in [0, 0.05) is 6.42 Å². The van der Waals surface area contributed by atoms with Crippen molar-refractivity contribution in [2.24, 2.45) is 0 Å². The molecule has 0 spiro atoms.